The van der Waals surface area contributed by atoms with Crippen LogP contribution < -0.4 is 10.6 Å². The Kier molecular flexibility index (Phi) is 8.64. The Morgan fingerprint density at radius 3 is 2.21 bits per heavy atom. The number of alkyl halides is 1. The van der Waals surface area contributed by atoms with E-state index in [0.717, 1.165) is 0 Å². The van der Waals surface area contributed by atoms with Gasteiger partial charge in [0.1, 0.15) is 25.1 Å². The molecule has 18 heteroatoms. The highest BCUT2D eigenvalue weighted by atomic mass is 31.1. The van der Waals surface area contributed by atoms with Crippen LogP contribution in [0.1, 0.15) is 31.7 Å². The SMILES string of the molecule is O=[PH](O)OC[C@@H]1CC[C@H](n2cnc3c(NC/C=C/CNc4ncnc5c4ncn5[C@@H]4O[C@H](CO)C[C@H]4F)ncnc32)O1. The van der Waals surface area contributed by atoms with Gasteiger partial charge in [0.2, 0.25) is 0 Å². The summed E-state index contributed by atoms with van der Waals surface area (Å²) in [6.45, 7) is 0.730. The number of nitrogens with one attached hydrogen (secondary N) is 2. The summed E-state index contributed by atoms with van der Waals surface area (Å²) in [5.74, 6) is 1.07. The summed E-state index contributed by atoms with van der Waals surface area (Å²) in [4.78, 5) is 34.9. The van der Waals surface area contributed by atoms with Crippen molar-refractivity contribution in [2.45, 2.75) is 50.1 Å². The van der Waals surface area contributed by atoms with E-state index in [9.17, 15) is 14.1 Å². The number of rotatable bonds is 12. The Morgan fingerprint density at radius 2 is 1.60 bits per heavy atom. The molecular formula is C24H30FN10O6P. The molecule has 0 radical (unpaired) electrons. The summed E-state index contributed by atoms with van der Waals surface area (Å²) in [5.41, 5.74) is 2.13. The predicted octanol–water partition coefficient (Wildman–Crippen LogP) is 1.74. The summed E-state index contributed by atoms with van der Waals surface area (Å²) in [6, 6.07) is 0. The summed E-state index contributed by atoms with van der Waals surface area (Å²) in [6.07, 6.45) is 7.96. The fourth-order valence-electron chi connectivity index (χ4n) is 5.08. The van der Waals surface area contributed by atoms with E-state index < -0.39 is 26.8 Å². The van der Waals surface area contributed by atoms with Crippen molar-refractivity contribution in [2.24, 2.45) is 0 Å². The van der Waals surface area contributed by atoms with Crippen LogP contribution in [0.5, 0.6) is 0 Å². The molecule has 0 aromatic carbocycles. The molecule has 16 nitrogen and oxygen atoms in total. The third kappa shape index (κ3) is 5.97. The highest BCUT2D eigenvalue weighted by Gasteiger charge is 2.37. The van der Waals surface area contributed by atoms with E-state index in [4.69, 9.17) is 18.9 Å². The minimum absolute atomic E-state index is 0.0621. The van der Waals surface area contributed by atoms with Crippen LogP contribution in [-0.4, -0.2) is 93.7 Å². The number of aliphatic hydroxyl groups excluding tert-OH is 1. The first-order chi connectivity index (χ1) is 20.5. The molecule has 1 unspecified atom stereocenters. The smallest absolute Gasteiger partial charge is 0.316 e. The Bertz CT molecular complexity index is 1590. The normalized spacial score (nSPS) is 25.2. The summed E-state index contributed by atoms with van der Waals surface area (Å²) >= 11 is 0. The van der Waals surface area contributed by atoms with Crippen LogP contribution >= 0.6 is 8.25 Å². The van der Waals surface area contributed by atoms with E-state index >= 15 is 0 Å². The average molecular weight is 605 g/mol. The van der Waals surface area contributed by atoms with Gasteiger partial charge < -0.3 is 34.6 Å². The lowest BCUT2D eigenvalue weighted by molar-refractivity contribution is -0.0351. The molecule has 0 saturated carbocycles. The van der Waals surface area contributed by atoms with Crippen molar-refractivity contribution in [3.63, 3.8) is 0 Å². The van der Waals surface area contributed by atoms with E-state index in [0.29, 0.717) is 59.9 Å². The fourth-order valence-corrected chi connectivity index (χ4v) is 5.41. The van der Waals surface area contributed by atoms with Crippen molar-refractivity contribution in [2.75, 3.05) is 36.9 Å². The monoisotopic (exact) mass is 604 g/mol. The average Bonchev–Trinajstić information content (AvgIpc) is 3.79. The first kappa shape index (κ1) is 28.5. The zero-order chi connectivity index (χ0) is 29.1. The van der Waals surface area contributed by atoms with Crippen LogP contribution in [-0.2, 0) is 18.6 Å². The third-order valence-electron chi connectivity index (χ3n) is 7.05. The Morgan fingerprint density at radius 1 is 0.952 bits per heavy atom. The predicted molar refractivity (Wildman–Crippen MR) is 148 cm³/mol. The molecule has 2 aliphatic rings. The molecule has 2 fully saturated rings. The molecule has 2 saturated heterocycles. The zero-order valence-corrected chi connectivity index (χ0v) is 23.3. The van der Waals surface area contributed by atoms with Gasteiger partial charge in [0.25, 0.3) is 0 Å². The van der Waals surface area contributed by atoms with Gasteiger partial charge in [-0.2, -0.15) is 0 Å². The number of halogens is 1. The number of nitrogens with zero attached hydrogens (tertiary/aromatic N) is 8. The number of hydrogen-bond acceptors (Lipinski definition) is 13. The van der Waals surface area contributed by atoms with Crippen molar-refractivity contribution in [1.82, 2.24) is 39.0 Å². The molecule has 4 aromatic rings. The number of anilines is 2. The van der Waals surface area contributed by atoms with Crippen LogP contribution in [0.3, 0.4) is 0 Å². The summed E-state index contributed by atoms with van der Waals surface area (Å²) in [7, 11) is -2.99. The maximum absolute atomic E-state index is 14.5. The van der Waals surface area contributed by atoms with E-state index in [1.54, 1.807) is 6.33 Å². The van der Waals surface area contributed by atoms with Gasteiger partial charge in [0.05, 0.1) is 38.1 Å². The molecule has 0 aliphatic carbocycles. The van der Waals surface area contributed by atoms with E-state index in [1.807, 2.05) is 16.7 Å². The van der Waals surface area contributed by atoms with Crippen molar-refractivity contribution in [3.8, 4) is 0 Å². The maximum Gasteiger partial charge on any atom is 0.316 e. The lowest BCUT2D eigenvalue weighted by Gasteiger charge is -2.15. The van der Waals surface area contributed by atoms with Gasteiger partial charge in [0.15, 0.2) is 40.2 Å². The molecule has 6 atom stereocenters. The van der Waals surface area contributed by atoms with Crippen LogP contribution in [0.25, 0.3) is 22.3 Å². The molecule has 42 heavy (non-hydrogen) atoms. The quantitative estimate of drug-likeness (QED) is 0.135. The molecule has 0 spiro atoms. The highest BCUT2D eigenvalue weighted by molar-refractivity contribution is 7.32. The lowest BCUT2D eigenvalue weighted by Crippen LogP contribution is -2.17. The van der Waals surface area contributed by atoms with Crippen LogP contribution in [0, 0.1) is 0 Å². The Labute approximate surface area is 238 Å². The number of hydrogen-bond donors (Lipinski definition) is 4. The van der Waals surface area contributed by atoms with E-state index in [-0.39, 0.29) is 32.0 Å². The second kappa shape index (κ2) is 12.7. The second-order valence-corrected chi connectivity index (χ2v) is 10.6. The molecule has 0 amide bonds. The fraction of sp³-hybridized carbons (Fsp3) is 0.500. The Hall–Kier alpha value is -3.60. The molecule has 2 aliphatic heterocycles. The van der Waals surface area contributed by atoms with Gasteiger partial charge in [-0.15, -0.1) is 0 Å². The number of aliphatic hydroxyl groups is 1. The van der Waals surface area contributed by atoms with Crippen molar-refractivity contribution in [3.05, 3.63) is 37.5 Å². The van der Waals surface area contributed by atoms with E-state index in [1.165, 1.54) is 23.5 Å². The molecule has 6 heterocycles. The summed E-state index contributed by atoms with van der Waals surface area (Å²) < 4.78 is 45.0. The second-order valence-electron chi connectivity index (χ2n) is 9.78. The minimum atomic E-state index is -2.99. The number of ether oxygens (including phenoxy) is 2. The van der Waals surface area contributed by atoms with Gasteiger partial charge in [-0.1, -0.05) is 12.2 Å². The minimum Gasteiger partial charge on any atom is -0.394 e. The first-order valence-electron chi connectivity index (χ1n) is 13.4. The van der Waals surface area contributed by atoms with Crippen molar-refractivity contribution < 1.29 is 33.0 Å². The van der Waals surface area contributed by atoms with Gasteiger partial charge in [-0.3, -0.25) is 13.7 Å². The van der Waals surface area contributed by atoms with Gasteiger partial charge in [0, 0.05) is 19.5 Å². The third-order valence-corrected chi connectivity index (χ3v) is 7.47. The van der Waals surface area contributed by atoms with Crippen LogP contribution in [0.4, 0.5) is 16.0 Å². The van der Waals surface area contributed by atoms with Gasteiger partial charge in [-0.25, -0.2) is 34.3 Å². The molecule has 4 aromatic heterocycles. The Balaban J connectivity index is 1.03. The van der Waals surface area contributed by atoms with E-state index in [2.05, 4.69) is 40.5 Å². The number of imidazole rings is 2. The summed E-state index contributed by atoms with van der Waals surface area (Å²) in [5, 5.41) is 15.7. The molecule has 224 valence electrons. The highest BCUT2D eigenvalue weighted by Crippen LogP contribution is 2.34. The number of aromatic nitrogens is 8. The van der Waals surface area contributed by atoms with Gasteiger partial charge >= 0.3 is 8.25 Å². The topological polar surface area (TPSA) is 196 Å². The largest absolute Gasteiger partial charge is 0.394 e. The maximum atomic E-state index is 14.5. The van der Waals surface area contributed by atoms with Gasteiger partial charge in [-0.05, 0) is 12.8 Å². The van der Waals surface area contributed by atoms with Crippen molar-refractivity contribution >= 4 is 42.2 Å². The molecule has 6 rings (SSSR count). The molecule has 4 N–H and O–H groups in total. The standard InChI is InChI=1S/C24H30FN10O6P/c25-16-7-15(8-36)41-24(16)35-13-33-19-21(29-11-31-23(19)35)27-6-2-1-5-26-20-18-22(30-10-28-20)34(12-32-18)17-4-3-14(40-17)9-39-42(37)38/h1-2,10-17,24,36,42H,3-9H2,(H,37,38)(H,26,28,30)(H,27,29,31)/b2-1+/t14-,15-,16+,17+,24+/m0/s1. The lowest BCUT2D eigenvalue weighted by atomic mass is 10.2. The van der Waals surface area contributed by atoms with Crippen molar-refractivity contribution in [1.29, 1.82) is 0 Å². The molecular weight excluding hydrogens is 574 g/mol. The van der Waals surface area contributed by atoms with Crippen LogP contribution in [0.15, 0.2) is 37.5 Å². The zero-order valence-electron chi connectivity index (χ0n) is 22.3. The van der Waals surface area contributed by atoms with Crippen LogP contribution in [0.2, 0.25) is 0 Å². The number of fused-ring (bicyclic) bond motifs is 2. The molecule has 0 bridgehead atoms. The first-order valence-corrected chi connectivity index (χ1v) is 14.7.